The molecule has 0 aliphatic rings. The summed E-state index contributed by atoms with van der Waals surface area (Å²) in [7, 11) is 3.90. The molecule has 0 saturated heterocycles. The van der Waals surface area contributed by atoms with E-state index in [0.717, 1.165) is 6.54 Å². The lowest BCUT2D eigenvalue weighted by Gasteiger charge is -2.11. The lowest BCUT2D eigenvalue weighted by molar-refractivity contribution is 0.0698. The molecule has 0 aliphatic carbocycles. The van der Waals surface area contributed by atoms with Crippen molar-refractivity contribution in [2.24, 2.45) is 0 Å². The number of carboxylic acids is 1. The highest BCUT2D eigenvalue weighted by Crippen LogP contribution is 2.19. The van der Waals surface area contributed by atoms with Gasteiger partial charge in [-0.05, 0) is 26.2 Å². The Hall–Kier alpha value is -1.75. The van der Waals surface area contributed by atoms with Crippen LogP contribution in [0.2, 0.25) is 0 Å². The molecule has 5 nitrogen and oxygen atoms in total. The fourth-order valence-electron chi connectivity index (χ4n) is 1.17. The number of nitrogens with zero attached hydrogens (tertiary/aromatic N) is 1. The van der Waals surface area contributed by atoms with Crippen LogP contribution in [0.4, 0.5) is 5.69 Å². The molecule has 5 heteroatoms. The molecule has 0 fully saturated rings. The Kier molecular flexibility index (Phi) is 4.13. The molecule has 0 atom stereocenters. The number of hydrogen-bond donors (Lipinski definition) is 2. The maximum Gasteiger partial charge on any atom is 0.337 e. The fraction of sp³-hybridized carbons (Fsp3) is 0.364. The van der Waals surface area contributed by atoms with Gasteiger partial charge in [-0.1, -0.05) is 0 Å². The van der Waals surface area contributed by atoms with Crippen LogP contribution in [0.1, 0.15) is 10.4 Å². The minimum absolute atomic E-state index is 0.0972. The van der Waals surface area contributed by atoms with Crippen molar-refractivity contribution in [1.82, 2.24) is 4.90 Å². The molecule has 0 unspecified atom stereocenters. The van der Waals surface area contributed by atoms with Gasteiger partial charge in [-0.15, -0.1) is 0 Å². The highest BCUT2D eigenvalue weighted by molar-refractivity contribution is 5.93. The van der Waals surface area contributed by atoms with Crippen LogP contribution in [-0.2, 0) is 0 Å². The lowest BCUT2D eigenvalue weighted by atomic mass is 10.2. The number of carboxylic acid groups (broad SMARTS) is 1. The SMILES string of the molecule is CN(C)CCOc1ccc(C(=O)O)c(N)c1. The zero-order chi connectivity index (χ0) is 12.1. The number of benzene rings is 1. The van der Waals surface area contributed by atoms with Crippen LogP contribution >= 0.6 is 0 Å². The average Bonchev–Trinajstić information content (AvgIpc) is 2.16. The van der Waals surface area contributed by atoms with Crippen molar-refractivity contribution in [3.05, 3.63) is 23.8 Å². The maximum atomic E-state index is 10.7. The van der Waals surface area contributed by atoms with E-state index in [9.17, 15) is 4.79 Å². The van der Waals surface area contributed by atoms with Gasteiger partial charge in [0.2, 0.25) is 0 Å². The predicted molar refractivity (Wildman–Crippen MR) is 61.9 cm³/mol. The van der Waals surface area contributed by atoms with Gasteiger partial charge in [-0.3, -0.25) is 0 Å². The first-order valence-corrected chi connectivity index (χ1v) is 4.91. The monoisotopic (exact) mass is 224 g/mol. The third kappa shape index (κ3) is 3.43. The van der Waals surface area contributed by atoms with Gasteiger partial charge in [0.1, 0.15) is 12.4 Å². The van der Waals surface area contributed by atoms with E-state index in [2.05, 4.69) is 0 Å². The van der Waals surface area contributed by atoms with E-state index in [1.165, 1.54) is 12.1 Å². The number of aromatic carboxylic acids is 1. The Labute approximate surface area is 94.4 Å². The molecule has 0 saturated carbocycles. The van der Waals surface area contributed by atoms with Gasteiger partial charge in [-0.25, -0.2) is 4.79 Å². The van der Waals surface area contributed by atoms with Gasteiger partial charge < -0.3 is 20.5 Å². The van der Waals surface area contributed by atoms with Gasteiger partial charge in [-0.2, -0.15) is 0 Å². The normalized spacial score (nSPS) is 10.4. The van der Waals surface area contributed by atoms with Gasteiger partial charge in [0.25, 0.3) is 0 Å². The van der Waals surface area contributed by atoms with E-state index in [0.29, 0.717) is 12.4 Å². The molecule has 16 heavy (non-hydrogen) atoms. The molecule has 1 aromatic rings. The fourth-order valence-corrected chi connectivity index (χ4v) is 1.17. The summed E-state index contributed by atoms with van der Waals surface area (Å²) in [5.41, 5.74) is 5.90. The molecule has 0 spiro atoms. The lowest BCUT2D eigenvalue weighted by Crippen LogP contribution is -2.19. The molecular weight excluding hydrogens is 208 g/mol. The van der Waals surface area contributed by atoms with E-state index in [4.69, 9.17) is 15.6 Å². The van der Waals surface area contributed by atoms with Gasteiger partial charge in [0, 0.05) is 18.3 Å². The van der Waals surface area contributed by atoms with Crippen molar-refractivity contribution in [2.45, 2.75) is 0 Å². The summed E-state index contributed by atoms with van der Waals surface area (Å²) in [6, 6.07) is 4.58. The average molecular weight is 224 g/mol. The van der Waals surface area contributed by atoms with Crippen LogP contribution in [0.3, 0.4) is 0 Å². The first-order valence-electron chi connectivity index (χ1n) is 4.91. The van der Waals surface area contributed by atoms with Gasteiger partial charge >= 0.3 is 5.97 Å². The summed E-state index contributed by atoms with van der Waals surface area (Å²) in [6.07, 6.45) is 0. The van der Waals surface area contributed by atoms with Crippen molar-refractivity contribution in [1.29, 1.82) is 0 Å². The summed E-state index contributed by atoms with van der Waals surface area (Å²) in [5.74, 6) is -0.443. The number of hydrogen-bond acceptors (Lipinski definition) is 4. The molecule has 0 amide bonds. The molecule has 1 rings (SSSR count). The quantitative estimate of drug-likeness (QED) is 0.727. The topological polar surface area (TPSA) is 75.8 Å². The molecule has 0 bridgehead atoms. The van der Waals surface area contributed by atoms with Crippen molar-refractivity contribution < 1.29 is 14.6 Å². The van der Waals surface area contributed by atoms with E-state index < -0.39 is 5.97 Å². The number of rotatable bonds is 5. The third-order valence-corrected chi connectivity index (χ3v) is 2.06. The molecule has 0 aliphatic heterocycles. The second kappa shape index (κ2) is 5.37. The first-order chi connectivity index (χ1) is 7.50. The third-order valence-electron chi connectivity index (χ3n) is 2.06. The summed E-state index contributed by atoms with van der Waals surface area (Å²) >= 11 is 0. The van der Waals surface area contributed by atoms with Crippen LogP contribution < -0.4 is 10.5 Å². The molecular formula is C11H16N2O3. The van der Waals surface area contributed by atoms with E-state index >= 15 is 0 Å². The number of anilines is 1. The molecule has 0 aromatic heterocycles. The highest BCUT2D eigenvalue weighted by atomic mass is 16.5. The van der Waals surface area contributed by atoms with Crippen LogP contribution in [-0.4, -0.2) is 43.2 Å². The number of nitrogens with two attached hydrogens (primary N) is 1. The molecule has 3 N–H and O–H groups in total. The van der Waals surface area contributed by atoms with Crippen LogP contribution in [0.5, 0.6) is 5.75 Å². The Balaban J connectivity index is 2.63. The number of ether oxygens (including phenoxy) is 1. The highest BCUT2D eigenvalue weighted by Gasteiger charge is 2.08. The van der Waals surface area contributed by atoms with Crippen molar-refractivity contribution in [3.8, 4) is 5.75 Å². The molecule has 0 radical (unpaired) electrons. The summed E-state index contributed by atoms with van der Waals surface area (Å²) in [5, 5.41) is 8.78. The largest absolute Gasteiger partial charge is 0.492 e. The second-order valence-electron chi connectivity index (χ2n) is 3.71. The standard InChI is InChI=1S/C11H16N2O3/c1-13(2)5-6-16-8-3-4-9(11(14)15)10(12)7-8/h3-4,7H,5-6,12H2,1-2H3,(H,14,15). The second-order valence-corrected chi connectivity index (χ2v) is 3.71. The summed E-state index contributed by atoms with van der Waals surface area (Å²) in [4.78, 5) is 12.7. The number of carbonyl (C=O) groups is 1. The van der Waals surface area contributed by atoms with Gasteiger partial charge in [0.15, 0.2) is 0 Å². The number of likely N-dealkylation sites (N-methyl/N-ethyl adjacent to an activating group) is 1. The maximum absolute atomic E-state index is 10.7. The molecule has 0 heterocycles. The summed E-state index contributed by atoms with van der Waals surface area (Å²) in [6.45, 7) is 1.33. The summed E-state index contributed by atoms with van der Waals surface area (Å²) < 4.78 is 5.42. The van der Waals surface area contributed by atoms with Gasteiger partial charge in [0.05, 0.1) is 5.56 Å². The van der Waals surface area contributed by atoms with Crippen LogP contribution in [0.25, 0.3) is 0 Å². The Morgan fingerprint density at radius 2 is 2.19 bits per heavy atom. The zero-order valence-corrected chi connectivity index (χ0v) is 9.43. The van der Waals surface area contributed by atoms with Crippen LogP contribution in [0, 0.1) is 0 Å². The van der Waals surface area contributed by atoms with Crippen molar-refractivity contribution in [3.63, 3.8) is 0 Å². The zero-order valence-electron chi connectivity index (χ0n) is 9.43. The Bertz CT molecular complexity index is 377. The van der Waals surface area contributed by atoms with E-state index in [1.54, 1.807) is 6.07 Å². The van der Waals surface area contributed by atoms with Crippen LogP contribution in [0.15, 0.2) is 18.2 Å². The molecule has 88 valence electrons. The minimum atomic E-state index is -1.03. The van der Waals surface area contributed by atoms with E-state index in [-0.39, 0.29) is 11.3 Å². The predicted octanol–water partition coefficient (Wildman–Crippen LogP) is 0.907. The van der Waals surface area contributed by atoms with E-state index in [1.807, 2.05) is 19.0 Å². The minimum Gasteiger partial charge on any atom is -0.492 e. The smallest absolute Gasteiger partial charge is 0.337 e. The first kappa shape index (κ1) is 12.3. The number of nitrogen functional groups attached to an aromatic ring is 1. The van der Waals surface area contributed by atoms with Crippen molar-refractivity contribution in [2.75, 3.05) is 33.0 Å². The Morgan fingerprint density at radius 1 is 1.50 bits per heavy atom. The molecule has 1 aromatic carbocycles. The Morgan fingerprint density at radius 3 is 2.69 bits per heavy atom. The van der Waals surface area contributed by atoms with Crippen molar-refractivity contribution >= 4 is 11.7 Å².